The zero-order chi connectivity index (χ0) is 18.8. The highest BCUT2D eigenvalue weighted by Crippen LogP contribution is 2.30. The molecule has 1 N–H and O–H groups in total. The summed E-state index contributed by atoms with van der Waals surface area (Å²) in [5, 5.41) is 2.88. The van der Waals surface area contributed by atoms with Crippen molar-refractivity contribution >= 4 is 17.0 Å². The Morgan fingerprint density at radius 3 is 2.78 bits per heavy atom. The quantitative estimate of drug-likeness (QED) is 0.746. The lowest BCUT2D eigenvalue weighted by molar-refractivity contribution is -0.126. The first-order valence-electron chi connectivity index (χ1n) is 8.67. The molecule has 0 fully saturated rings. The van der Waals surface area contributed by atoms with E-state index in [1.807, 2.05) is 18.2 Å². The van der Waals surface area contributed by atoms with Gasteiger partial charge >= 0.3 is 0 Å². The monoisotopic (exact) mass is 368 g/mol. The number of nitrogens with zero attached hydrogens (tertiary/aromatic N) is 1. The summed E-state index contributed by atoms with van der Waals surface area (Å²) in [4.78, 5) is 16.9. The molecule has 27 heavy (non-hydrogen) atoms. The number of rotatable bonds is 5. The maximum Gasteiger partial charge on any atom is 0.227 e. The second kappa shape index (κ2) is 7.19. The number of methoxy groups -OCH3 is 2. The van der Waals surface area contributed by atoms with Crippen molar-refractivity contribution in [1.29, 1.82) is 0 Å². The molecule has 1 unspecified atom stereocenters. The van der Waals surface area contributed by atoms with Gasteiger partial charge in [0.05, 0.1) is 26.7 Å². The third-order valence-electron chi connectivity index (χ3n) is 4.60. The van der Waals surface area contributed by atoms with Crippen molar-refractivity contribution in [2.45, 2.75) is 13.0 Å². The number of aromatic nitrogens is 1. The van der Waals surface area contributed by atoms with Crippen LogP contribution >= 0.6 is 0 Å². The summed E-state index contributed by atoms with van der Waals surface area (Å²) in [7, 11) is 3.22. The van der Waals surface area contributed by atoms with E-state index in [1.165, 1.54) is 0 Å². The molecule has 1 aromatic heterocycles. The van der Waals surface area contributed by atoms with E-state index in [1.54, 1.807) is 32.4 Å². The predicted molar refractivity (Wildman–Crippen MR) is 98.1 cm³/mol. The van der Waals surface area contributed by atoms with Crippen molar-refractivity contribution in [1.82, 2.24) is 10.3 Å². The van der Waals surface area contributed by atoms with E-state index in [-0.39, 0.29) is 18.4 Å². The molecule has 0 saturated carbocycles. The molecular weight excluding hydrogens is 348 g/mol. The van der Waals surface area contributed by atoms with Gasteiger partial charge in [-0.05, 0) is 42.3 Å². The molecule has 3 aromatic rings. The Bertz CT molecular complexity index is 982. The Labute approximate surface area is 156 Å². The van der Waals surface area contributed by atoms with Gasteiger partial charge < -0.3 is 23.9 Å². The van der Waals surface area contributed by atoms with Crippen LogP contribution < -0.4 is 19.5 Å². The number of ether oxygens (including phenoxy) is 3. The van der Waals surface area contributed by atoms with Crippen LogP contribution in [0.2, 0.25) is 0 Å². The van der Waals surface area contributed by atoms with Crippen LogP contribution in [0.5, 0.6) is 17.2 Å². The standard InChI is InChI=1S/C20H20N2O5/c1-24-14-3-5-17-12(8-14)7-13(11-26-17)20(23)21-10-19-22-16-9-15(25-2)4-6-18(16)27-19/h3-6,8-9,13H,7,10-11H2,1-2H3,(H,21,23). The molecule has 0 bridgehead atoms. The van der Waals surface area contributed by atoms with E-state index < -0.39 is 0 Å². The van der Waals surface area contributed by atoms with Crippen molar-refractivity contribution in [3.8, 4) is 17.2 Å². The van der Waals surface area contributed by atoms with E-state index >= 15 is 0 Å². The Hall–Kier alpha value is -3.22. The molecule has 0 saturated heterocycles. The first kappa shape index (κ1) is 17.2. The lowest BCUT2D eigenvalue weighted by Crippen LogP contribution is -2.37. The number of carbonyl (C=O) groups excluding carboxylic acids is 1. The minimum absolute atomic E-state index is 0.0942. The number of carbonyl (C=O) groups is 1. The zero-order valence-corrected chi connectivity index (χ0v) is 15.2. The lowest BCUT2D eigenvalue weighted by atomic mass is 9.96. The molecule has 1 amide bonds. The van der Waals surface area contributed by atoms with Crippen molar-refractivity contribution in [2.24, 2.45) is 5.92 Å². The van der Waals surface area contributed by atoms with Gasteiger partial charge in [-0.1, -0.05) is 0 Å². The van der Waals surface area contributed by atoms with E-state index in [4.69, 9.17) is 18.6 Å². The number of fused-ring (bicyclic) bond motifs is 2. The summed E-state index contributed by atoms with van der Waals surface area (Å²) >= 11 is 0. The summed E-state index contributed by atoms with van der Waals surface area (Å²) in [6.07, 6.45) is 0.600. The van der Waals surface area contributed by atoms with Gasteiger partial charge in [-0.3, -0.25) is 4.79 Å². The summed E-state index contributed by atoms with van der Waals surface area (Å²) in [5.74, 6) is 2.34. The van der Waals surface area contributed by atoms with Crippen molar-refractivity contribution in [3.05, 3.63) is 47.9 Å². The normalized spacial score (nSPS) is 15.7. The van der Waals surface area contributed by atoms with E-state index in [0.29, 0.717) is 35.8 Å². The molecule has 1 aliphatic rings. The highest BCUT2D eigenvalue weighted by atomic mass is 16.5. The second-order valence-electron chi connectivity index (χ2n) is 6.34. The van der Waals surface area contributed by atoms with Gasteiger partial charge in [0.15, 0.2) is 5.58 Å². The molecule has 7 nitrogen and oxygen atoms in total. The second-order valence-corrected chi connectivity index (χ2v) is 6.34. The predicted octanol–water partition coefficient (Wildman–Crippen LogP) is 2.71. The fraction of sp³-hybridized carbons (Fsp3) is 0.300. The van der Waals surface area contributed by atoms with Gasteiger partial charge in [-0.25, -0.2) is 4.98 Å². The number of benzene rings is 2. The molecule has 0 spiro atoms. The van der Waals surface area contributed by atoms with Crippen molar-refractivity contribution in [2.75, 3.05) is 20.8 Å². The average molecular weight is 368 g/mol. The van der Waals surface area contributed by atoms with Gasteiger partial charge in [0.2, 0.25) is 11.8 Å². The van der Waals surface area contributed by atoms with E-state index in [0.717, 1.165) is 17.1 Å². The van der Waals surface area contributed by atoms with Gasteiger partial charge in [0.1, 0.15) is 29.4 Å². The van der Waals surface area contributed by atoms with Gasteiger partial charge in [0.25, 0.3) is 0 Å². The van der Waals surface area contributed by atoms with Gasteiger partial charge in [-0.15, -0.1) is 0 Å². The molecule has 1 aliphatic heterocycles. The molecule has 140 valence electrons. The van der Waals surface area contributed by atoms with Crippen LogP contribution in [0.25, 0.3) is 11.1 Å². The van der Waals surface area contributed by atoms with Crippen LogP contribution in [-0.4, -0.2) is 31.7 Å². The Kier molecular flexibility index (Phi) is 4.58. The van der Waals surface area contributed by atoms with Gasteiger partial charge in [-0.2, -0.15) is 0 Å². The number of nitrogens with one attached hydrogen (secondary N) is 1. The van der Waals surface area contributed by atoms with E-state index in [2.05, 4.69) is 10.3 Å². The zero-order valence-electron chi connectivity index (χ0n) is 15.2. The number of hydrogen-bond donors (Lipinski definition) is 1. The molecule has 7 heteroatoms. The summed E-state index contributed by atoms with van der Waals surface area (Å²) < 4.78 is 21.8. The van der Waals surface area contributed by atoms with Crippen LogP contribution in [0, 0.1) is 5.92 Å². The first-order valence-corrected chi connectivity index (χ1v) is 8.67. The minimum atomic E-state index is -0.269. The number of oxazole rings is 1. The summed E-state index contributed by atoms with van der Waals surface area (Å²) in [5.41, 5.74) is 2.32. The van der Waals surface area contributed by atoms with Crippen LogP contribution in [0.3, 0.4) is 0 Å². The number of hydrogen-bond acceptors (Lipinski definition) is 6. The highest BCUT2D eigenvalue weighted by molar-refractivity contribution is 5.80. The molecular formula is C20H20N2O5. The highest BCUT2D eigenvalue weighted by Gasteiger charge is 2.26. The Morgan fingerprint density at radius 1 is 1.19 bits per heavy atom. The maximum absolute atomic E-state index is 12.5. The smallest absolute Gasteiger partial charge is 0.227 e. The fourth-order valence-electron chi connectivity index (χ4n) is 3.13. The summed E-state index contributed by atoms with van der Waals surface area (Å²) in [6, 6.07) is 11.0. The molecule has 0 radical (unpaired) electrons. The first-order chi connectivity index (χ1) is 13.2. The van der Waals surface area contributed by atoms with Crippen LogP contribution in [0.4, 0.5) is 0 Å². The lowest BCUT2D eigenvalue weighted by Gasteiger charge is -2.24. The SMILES string of the molecule is COc1ccc2c(c1)CC(C(=O)NCc1nc3cc(OC)ccc3o1)CO2. The third-order valence-corrected chi connectivity index (χ3v) is 4.60. The largest absolute Gasteiger partial charge is 0.497 e. The topological polar surface area (TPSA) is 82.8 Å². The van der Waals surface area contributed by atoms with Crippen LogP contribution in [0.15, 0.2) is 40.8 Å². The molecule has 2 heterocycles. The van der Waals surface area contributed by atoms with Crippen molar-refractivity contribution < 1.29 is 23.4 Å². The minimum Gasteiger partial charge on any atom is -0.497 e. The number of amides is 1. The molecule has 0 aliphatic carbocycles. The maximum atomic E-state index is 12.5. The average Bonchev–Trinajstić information content (AvgIpc) is 3.13. The summed E-state index contributed by atoms with van der Waals surface area (Å²) in [6.45, 7) is 0.563. The third kappa shape index (κ3) is 3.53. The van der Waals surface area contributed by atoms with Crippen LogP contribution in [0.1, 0.15) is 11.5 Å². The van der Waals surface area contributed by atoms with Gasteiger partial charge in [0, 0.05) is 6.07 Å². The van der Waals surface area contributed by atoms with Crippen molar-refractivity contribution in [3.63, 3.8) is 0 Å². The Morgan fingerprint density at radius 2 is 1.96 bits per heavy atom. The van der Waals surface area contributed by atoms with E-state index in [9.17, 15) is 4.79 Å². The molecule has 4 rings (SSSR count). The van der Waals surface area contributed by atoms with Crippen LogP contribution in [-0.2, 0) is 17.8 Å². The molecule has 2 aromatic carbocycles. The Balaban J connectivity index is 1.41. The fourth-order valence-corrected chi connectivity index (χ4v) is 3.13. The molecule has 1 atom stereocenters.